The smallest absolute Gasteiger partial charge is 0.0728 e. The van der Waals surface area contributed by atoms with Crippen LogP contribution in [0.2, 0.25) is 0 Å². The van der Waals surface area contributed by atoms with Crippen LogP contribution in [0.25, 0.3) is 0 Å². The van der Waals surface area contributed by atoms with Crippen molar-refractivity contribution in [3.63, 3.8) is 0 Å². The number of nitrogens with one attached hydrogen (secondary N) is 1. The van der Waals surface area contributed by atoms with E-state index in [0.29, 0.717) is 19.3 Å². The number of hydrogen-bond donors (Lipinski definition) is 2. The Hall–Kier alpha value is -1.07. The first-order valence-electron chi connectivity index (χ1n) is 5.36. The summed E-state index contributed by atoms with van der Waals surface area (Å²) in [5.41, 5.74) is 1.08. The minimum atomic E-state index is 0.0770. The topological polar surface area (TPSA) is 59.3 Å². The predicted octanol–water partition coefficient (Wildman–Crippen LogP) is 0.466. The lowest BCUT2D eigenvalue weighted by atomic mass is 10.5. The highest BCUT2D eigenvalue weighted by atomic mass is 16.5. The highest BCUT2D eigenvalue weighted by Gasteiger charge is 2.21. The largest absolute Gasteiger partial charge is 0.394 e. The molecular weight excluding hydrogens is 194 g/mol. The molecule has 0 amide bonds. The lowest BCUT2D eigenvalue weighted by Gasteiger charge is -2.02. The second-order valence-corrected chi connectivity index (χ2v) is 3.75. The molecule has 0 radical (unpaired) electrons. The van der Waals surface area contributed by atoms with Crippen molar-refractivity contribution in [2.75, 3.05) is 25.1 Å². The van der Waals surface area contributed by atoms with Crippen LogP contribution in [0.15, 0.2) is 12.4 Å². The van der Waals surface area contributed by atoms with Gasteiger partial charge in [0.15, 0.2) is 0 Å². The Labute approximate surface area is 89.0 Å². The molecular formula is C10H17N3O2. The monoisotopic (exact) mass is 211 g/mol. The summed E-state index contributed by atoms with van der Waals surface area (Å²) in [5.74, 6) is 0. The highest BCUT2D eigenvalue weighted by Crippen LogP contribution is 2.23. The molecule has 1 fully saturated rings. The summed E-state index contributed by atoms with van der Waals surface area (Å²) in [7, 11) is 0. The third-order valence-corrected chi connectivity index (χ3v) is 2.28. The molecule has 0 saturated heterocycles. The van der Waals surface area contributed by atoms with Crippen LogP contribution in [0, 0.1) is 0 Å². The van der Waals surface area contributed by atoms with Gasteiger partial charge in [-0.2, -0.15) is 5.10 Å². The number of rotatable bonds is 7. The first-order chi connectivity index (χ1) is 7.38. The number of aliphatic hydroxyl groups excluding tert-OH is 1. The van der Waals surface area contributed by atoms with Crippen LogP contribution in [0.5, 0.6) is 0 Å². The van der Waals surface area contributed by atoms with E-state index in [-0.39, 0.29) is 6.61 Å². The fraction of sp³-hybridized carbons (Fsp3) is 0.700. The van der Waals surface area contributed by atoms with Crippen molar-refractivity contribution in [3.8, 4) is 0 Å². The molecule has 0 unspecified atom stereocenters. The molecule has 1 aliphatic rings. The van der Waals surface area contributed by atoms with Gasteiger partial charge in [0.25, 0.3) is 0 Å². The number of aliphatic hydroxyl groups is 1. The van der Waals surface area contributed by atoms with Gasteiger partial charge in [-0.25, -0.2) is 0 Å². The van der Waals surface area contributed by atoms with Crippen molar-refractivity contribution in [3.05, 3.63) is 12.4 Å². The van der Waals surface area contributed by atoms with Gasteiger partial charge in [0, 0.05) is 12.2 Å². The third-order valence-electron chi connectivity index (χ3n) is 2.28. The van der Waals surface area contributed by atoms with Crippen LogP contribution < -0.4 is 5.32 Å². The minimum Gasteiger partial charge on any atom is -0.394 e. The minimum absolute atomic E-state index is 0.0770. The second kappa shape index (κ2) is 5.14. The average Bonchev–Trinajstić information content (AvgIpc) is 2.93. The van der Waals surface area contributed by atoms with E-state index in [2.05, 4.69) is 10.4 Å². The summed E-state index contributed by atoms with van der Waals surface area (Å²) >= 11 is 0. The summed E-state index contributed by atoms with van der Waals surface area (Å²) in [4.78, 5) is 0. The Morgan fingerprint density at radius 3 is 3.13 bits per heavy atom. The van der Waals surface area contributed by atoms with Crippen LogP contribution in [-0.4, -0.2) is 40.7 Å². The van der Waals surface area contributed by atoms with E-state index in [1.54, 1.807) is 0 Å². The van der Waals surface area contributed by atoms with Crippen molar-refractivity contribution < 1.29 is 9.84 Å². The van der Waals surface area contributed by atoms with Crippen LogP contribution in [0.4, 0.5) is 5.69 Å². The molecule has 5 nitrogen and oxygen atoms in total. The zero-order valence-electron chi connectivity index (χ0n) is 8.72. The molecule has 2 N–H and O–H groups in total. The Balaban J connectivity index is 1.69. The molecule has 0 aliphatic heterocycles. The van der Waals surface area contributed by atoms with Crippen molar-refractivity contribution in [2.45, 2.75) is 25.4 Å². The summed E-state index contributed by atoms with van der Waals surface area (Å²) in [6, 6.07) is 0.660. The van der Waals surface area contributed by atoms with E-state index < -0.39 is 0 Å². The molecule has 0 aromatic carbocycles. The first kappa shape index (κ1) is 10.4. The number of hydrogen-bond acceptors (Lipinski definition) is 4. The quantitative estimate of drug-likeness (QED) is 0.643. The van der Waals surface area contributed by atoms with E-state index in [0.717, 1.165) is 12.2 Å². The fourth-order valence-corrected chi connectivity index (χ4v) is 1.35. The molecule has 84 valence electrons. The fourth-order valence-electron chi connectivity index (χ4n) is 1.35. The van der Waals surface area contributed by atoms with Gasteiger partial charge in [0.1, 0.15) is 0 Å². The Morgan fingerprint density at radius 2 is 2.40 bits per heavy atom. The van der Waals surface area contributed by atoms with Gasteiger partial charge < -0.3 is 15.2 Å². The Kier molecular flexibility index (Phi) is 3.58. The average molecular weight is 211 g/mol. The Morgan fingerprint density at radius 1 is 1.53 bits per heavy atom. The molecule has 2 rings (SSSR count). The summed E-state index contributed by atoms with van der Waals surface area (Å²) in [5, 5.41) is 16.1. The Bertz CT molecular complexity index is 297. The lowest BCUT2D eigenvalue weighted by Crippen LogP contribution is -2.08. The molecule has 1 aromatic rings. The van der Waals surface area contributed by atoms with Gasteiger partial charge in [-0.3, -0.25) is 4.68 Å². The molecule has 0 spiro atoms. The number of aromatic nitrogens is 2. The number of nitrogens with zero attached hydrogens (tertiary/aromatic N) is 2. The number of ether oxygens (including phenoxy) is 1. The zero-order valence-corrected chi connectivity index (χ0v) is 8.72. The third kappa shape index (κ3) is 3.53. The maximum absolute atomic E-state index is 8.52. The van der Waals surface area contributed by atoms with Gasteiger partial charge in [-0.1, -0.05) is 0 Å². The van der Waals surface area contributed by atoms with E-state index in [1.165, 1.54) is 12.8 Å². The standard InChI is InChI=1S/C10H17N3O2/c14-4-6-15-5-3-13-8-10(7-11-13)12-9-1-2-9/h7-9,12,14H,1-6H2. The van der Waals surface area contributed by atoms with Gasteiger partial charge >= 0.3 is 0 Å². The van der Waals surface area contributed by atoms with E-state index in [9.17, 15) is 0 Å². The molecule has 0 atom stereocenters. The van der Waals surface area contributed by atoms with Crippen molar-refractivity contribution in [2.24, 2.45) is 0 Å². The van der Waals surface area contributed by atoms with Crippen LogP contribution in [0.3, 0.4) is 0 Å². The lowest BCUT2D eigenvalue weighted by molar-refractivity contribution is 0.0854. The number of anilines is 1. The second-order valence-electron chi connectivity index (χ2n) is 3.75. The van der Waals surface area contributed by atoms with Gasteiger partial charge in [0.2, 0.25) is 0 Å². The van der Waals surface area contributed by atoms with Crippen molar-refractivity contribution in [1.82, 2.24) is 9.78 Å². The van der Waals surface area contributed by atoms with Crippen molar-refractivity contribution in [1.29, 1.82) is 0 Å². The van der Waals surface area contributed by atoms with Crippen molar-refractivity contribution >= 4 is 5.69 Å². The molecule has 1 heterocycles. The molecule has 15 heavy (non-hydrogen) atoms. The molecule has 1 aromatic heterocycles. The predicted molar refractivity (Wildman–Crippen MR) is 56.8 cm³/mol. The summed E-state index contributed by atoms with van der Waals surface area (Å²) < 4.78 is 7.01. The normalized spacial score (nSPS) is 15.5. The highest BCUT2D eigenvalue weighted by molar-refractivity contribution is 5.40. The molecule has 1 saturated carbocycles. The van der Waals surface area contributed by atoms with Gasteiger partial charge in [-0.05, 0) is 12.8 Å². The summed E-state index contributed by atoms with van der Waals surface area (Å²) in [6.07, 6.45) is 6.36. The maximum Gasteiger partial charge on any atom is 0.0728 e. The summed E-state index contributed by atoms with van der Waals surface area (Å²) in [6.45, 7) is 1.79. The van der Waals surface area contributed by atoms with Crippen LogP contribution in [-0.2, 0) is 11.3 Å². The van der Waals surface area contributed by atoms with Gasteiger partial charge in [0.05, 0.1) is 38.2 Å². The zero-order chi connectivity index (χ0) is 10.5. The molecule has 1 aliphatic carbocycles. The molecule has 0 bridgehead atoms. The SMILES string of the molecule is OCCOCCn1cc(NC2CC2)cn1. The van der Waals surface area contributed by atoms with E-state index in [4.69, 9.17) is 9.84 Å². The van der Waals surface area contributed by atoms with Crippen LogP contribution >= 0.6 is 0 Å². The van der Waals surface area contributed by atoms with Gasteiger partial charge in [-0.15, -0.1) is 0 Å². The van der Waals surface area contributed by atoms with E-state index in [1.807, 2.05) is 17.1 Å². The molecule has 5 heteroatoms. The van der Waals surface area contributed by atoms with E-state index >= 15 is 0 Å². The van der Waals surface area contributed by atoms with Crippen LogP contribution in [0.1, 0.15) is 12.8 Å². The first-order valence-corrected chi connectivity index (χ1v) is 5.36. The maximum atomic E-state index is 8.52.